The Hall–Kier alpha value is -0.450. The molecule has 2 rings (SSSR count). The number of nitrogens with one attached hydrogen (secondary N) is 1. The van der Waals surface area contributed by atoms with E-state index in [-0.39, 0.29) is 0 Å². The molecule has 0 spiro atoms. The summed E-state index contributed by atoms with van der Waals surface area (Å²) in [6.07, 6.45) is 0. The van der Waals surface area contributed by atoms with Crippen LogP contribution in [0.4, 0.5) is 5.69 Å². The molecule has 0 saturated heterocycles. The monoisotopic (exact) mass is 377 g/mol. The van der Waals surface area contributed by atoms with Gasteiger partial charge in [0.15, 0.2) is 0 Å². The van der Waals surface area contributed by atoms with Crippen molar-refractivity contribution in [3.63, 3.8) is 0 Å². The molecule has 1 N–H and O–H groups in total. The number of anilines is 1. The highest BCUT2D eigenvalue weighted by atomic mass is 127. The van der Waals surface area contributed by atoms with E-state index in [4.69, 9.17) is 23.2 Å². The van der Waals surface area contributed by atoms with Crippen LogP contribution in [-0.2, 0) is 6.54 Å². The van der Waals surface area contributed by atoms with Crippen LogP contribution in [0.5, 0.6) is 0 Å². The molecule has 0 fully saturated rings. The van der Waals surface area contributed by atoms with Crippen LogP contribution in [0, 0.1) is 3.57 Å². The maximum Gasteiger partial charge on any atom is 0.0642 e. The molecule has 0 radical (unpaired) electrons. The molecular weight excluding hydrogens is 368 g/mol. The Balaban J connectivity index is 2.10. The van der Waals surface area contributed by atoms with E-state index in [9.17, 15) is 0 Å². The minimum absolute atomic E-state index is 0.591. The van der Waals surface area contributed by atoms with E-state index in [1.165, 1.54) is 3.57 Å². The van der Waals surface area contributed by atoms with Crippen molar-refractivity contribution in [2.75, 3.05) is 5.32 Å². The number of benzene rings is 2. The Morgan fingerprint density at radius 3 is 2.59 bits per heavy atom. The Labute approximate surface area is 124 Å². The van der Waals surface area contributed by atoms with Gasteiger partial charge >= 0.3 is 0 Å². The molecule has 0 amide bonds. The summed E-state index contributed by atoms with van der Waals surface area (Å²) in [7, 11) is 0. The zero-order valence-electron chi connectivity index (χ0n) is 8.88. The Bertz CT molecular complexity index is 529. The highest BCUT2D eigenvalue weighted by molar-refractivity contribution is 14.1. The van der Waals surface area contributed by atoms with E-state index < -0.39 is 0 Å². The van der Waals surface area contributed by atoms with E-state index in [2.05, 4.69) is 40.0 Å². The molecule has 0 bridgehead atoms. The van der Waals surface area contributed by atoms with Crippen molar-refractivity contribution in [1.82, 2.24) is 0 Å². The van der Waals surface area contributed by atoms with Crippen molar-refractivity contribution in [1.29, 1.82) is 0 Å². The van der Waals surface area contributed by atoms with Gasteiger partial charge in [-0.05, 0) is 52.4 Å². The lowest BCUT2D eigenvalue weighted by atomic mass is 10.2. The Kier molecular flexibility index (Phi) is 4.54. The fourth-order valence-electron chi connectivity index (χ4n) is 1.48. The average Bonchev–Trinajstić information content (AvgIpc) is 2.31. The second kappa shape index (κ2) is 5.94. The second-order valence-electron chi connectivity index (χ2n) is 3.58. The number of hydrogen-bond acceptors (Lipinski definition) is 1. The summed E-state index contributed by atoms with van der Waals surface area (Å²) in [6.45, 7) is 0.666. The van der Waals surface area contributed by atoms with E-state index in [1.54, 1.807) is 6.07 Å². The predicted molar refractivity (Wildman–Crippen MR) is 82.9 cm³/mol. The third-order valence-corrected chi connectivity index (χ3v) is 3.87. The first-order valence-electron chi connectivity index (χ1n) is 5.09. The Morgan fingerprint density at radius 1 is 1.06 bits per heavy atom. The zero-order chi connectivity index (χ0) is 12.3. The lowest BCUT2D eigenvalue weighted by molar-refractivity contribution is 1.15. The van der Waals surface area contributed by atoms with E-state index in [0.717, 1.165) is 11.3 Å². The van der Waals surface area contributed by atoms with Crippen LogP contribution in [0.3, 0.4) is 0 Å². The molecule has 0 aromatic heterocycles. The normalized spacial score (nSPS) is 10.3. The van der Waals surface area contributed by atoms with Crippen LogP contribution in [0.2, 0.25) is 10.0 Å². The second-order valence-corrected chi connectivity index (χ2v) is 5.61. The smallest absolute Gasteiger partial charge is 0.0642 e. The molecule has 0 unspecified atom stereocenters. The van der Waals surface area contributed by atoms with Gasteiger partial charge < -0.3 is 5.32 Å². The summed E-state index contributed by atoms with van der Waals surface area (Å²) in [5, 5.41) is 4.53. The van der Waals surface area contributed by atoms with Gasteiger partial charge in [-0.1, -0.05) is 41.4 Å². The first-order chi connectivity index (χ1) is 8.16. The van der Waals surface area contributed by atoms with E-state index in [1.807, 2.05) is 24.3 Å². The van der Waals surface area contributed by atoms with Gasteiger partial charge in [-0.3, -0.25) is 0 Å². The first-order valence-corrected chi connectivity index (χ1v) is 6.92. The molecule has 0 saturated carbocycles. The largest absolute Gasteiger partial charge is 0.381 e. The molecule has 1 nitrogen and oxygen atoms in total. The van der Waals surface area contributed by atoms with Gasteiger partial charge in [0.25, 0.3) is 0 Å². The third-order valence-electron chi connectivity index (χ3n) is 2.34. The van der Waals surface area contributed by atoms with Gasteiger partial charge in [0.05, 0.1) is 10.0 Å². The SMILES string of the molecule is Clc1cccc(CNc2cccc(I)c2)c1Cl. The van der Waals surface area contributed by atoms with Crippen LogP contribution in [0.25, 0.3) is 0 Å². The summed E-state index contributed by atoms with van der Waals surface area (Å²) in [5.41, 5.74) is 2.07. The minimum atomic E-state index is 0.591. The molecule has 2 aromatic carbocycles. The van der Waals surface area contributed by atoms with Crippen molar-refractivity contribution in [3.8, 4) is 0 Å². The fraction of sp³-hybridized carbons (Fsp3) is 0.0769. The maximum absolute atomic E-state index is 6.12. The summed E-state index contributed by atoms with van der Waals surface area (Å²) in [5.74, 6) is 0. The molecule has 2 aromatic rings. The average molecular weight is 378 g/mol. The van der Waals surface area contributed by atoms with E-state index in [0.29, 0.717) is 16.6 Å². The summed E-state index contributed by atoms with van der Waals surface area (Å²) in [6, 6.07) is 13.8. The van der Waals surface area contributed by atoms with Gasteiger partial charge in [-0.15, -0.1) is 0 Å². The zero-order valence-corrected chi connectivity index (χ0v) is 12.6. The van der Waals surface area contributed by atoms with Crippen LogP contribution < -0.4 is 5.32 Å². The minimum Gasteiger partial charge on any atom is -0.381 e. The van der Waals surface area contributed by atoms with Crippen molar-refractivity contribution in [3.05, 3.63) is 61.6 Å². The van der Waals surface area contributed by atoms with Gasteiger partial charge in [0.2, 0.25) is 0 Å². The lowest BCUT2D eigenvalue weighted by Gasteiger charge is -2.09. The summed E-state index contributed by atoms with van der Waals surface area (Å²) >= 11 is 14.4. The van der Waals surface area contributed by atoms with Crippen molar-refractivity contribution in [2.45, 2.75) is 6.54 Å². The number of halogens is 3. The lowest BCUT2D eigenvalue weighted by Crippen LogP contribution is -2.00. The highest BCUT2D eigenvalue weighted by Crippen LogP contribution is 2.26. The molecule has 0 atom stereocenters. The number of rotatable bonds is 3. The first kappa shape index (κ1) is 13.0. The topological polar surface area (TPSA) is 12.0 Å². The summed E-state index contributed by atoms with van der Waals surface area (Å²) < 4.78 is 1.20. The molecule has 17 heavy (non-hydrogen) atoms. The summed E-state index contributed by atoms with van der Waals surface area (Å²) in [4.78, 5) is 0. The fourth-order valence-corrected chi connectivity index (χ4v) is 2.41. The van der Waals surface area contributed by atoms with Gasteiger partial charge in [0, 0.05) is 15.8 Å². The molecular formula is C13H10Cl2IN. The predicted octanol–water partition coefficient (Wildman–Crippen LogP) is 5.21. The van der Waals surface area contributed by atoms with Gasteiger partial charge in [-0.2, -0.15) is 0 Å². The third kappa shape index (κ3) is 3.50. The van der Waals surface area contributed by atoms with Gasteiger partial charge in [0.1, 0.15) is 0 Å². The van der Waals surface area contributed by atoms with Crippen molar-refractivity contribution >= 4 is 51.5 Å². The highest BCUT2D eigenvalue weighted by Gasteiger charge is 2.03. The van der Waals surface area contributed by atoms with Crippen LogP contribution >= 0.6 is 45.8 Å². The molecule has 4 heteroatoms. The van der Waals surface area contributed by atoms with Gasteiger partial charge in [-0.25, -0.2) is 0 Å². The maximum atomic E-state index is 6.12. The Morgan fingerprint density at radius 2 is 1.82 bits per heavy atom. The molecule has 0 aliphatic rings. The van der Waals surface area contributed by atoms with Crippen LogP contribution in [-0.4, -0.2) is 0 Å². The molecule has 0 heterocycles. The van der Waals surface area contributed by atoms with E-state index >= 15 is 0 Å². The molecule has 88 valence electrons. The molecule has 0 aliphatic heterocycles. The van der Waals surface area contributed by atoms with Crippen LogP contribution in [0.15, 0.2) is 42.5 Å². The van der Waals surface area contributed by atoms with Crippen molar-refractivity contribution in [2.24, 2.45) is 0 Å². The number of hydrogen-bond donors (Lipinski definition) is 1. The quantitative estimate of drug-likeness (QED) is 0.724. The van der Waals surface area contributed by atoms with Crippen molar-refractivity contribution < 1.29 is 0 Å². The van der Waals surface area contributed by atoms with Crippen LogP contribution in [0.1, 0.15) is 5.56 Å². The molecule has 0 aliphatic carbocycles. The standard InChI is InChI=1S/C13H10Cl2IN/c14-12-6-1-3-9(13(12)15)8-17-11-5-2-4-10(16)7-11/h1-7,17H,8H2.